The molecule has 23 heavy (non-hydrogen) atoms. The SMILES string of the molecule is N=S(=O)(CCCC(=O)O)CCC(O)(c1ccccc1)C(F)(F)F. The average molecular weight is 353 g/mol. The van der Waals surface area contributed by atoms with Gasteiger partial charge in [-0.3, -0.25) is 9.57 Å². The standard InChI is InChI=1S/C14H18F3NO4S/c15-14(16,17)13(21,11-5-2-1-3-6-11)8-10-23(18,22)9-4-7-12(19)20/h1-3,5-6,18,21H,4,7-10H2,(H,19,20). The second-order valence-corrected chi connectivity index (χ2v) is 7.63. The number of carboxylic acid groups (broad SMARTS) is 1. The van der Waals surface area contributed by atoms with E-state index in [4.69, 9.17) is 9.89 Å². The van der Waals surface area contributed by atoms with Crippen molar-refractivity contribution in [2.75, 3.05) is 11.5 Å². The number of alkyl halides is 3. The van der Waals surface area contributed by atoms with Gasteiger partial charge in [0, 0.05) is 34.1 Å². The molecule has 0 amide bonds. The van der Waals surface area contributed by atoms with Crippen LogP contribution in [0.2, 0.25) is 0 Å². The summed E-state index contributed by atoms with van der Waals surface area (Å²) >= 11 is 0. The lowest BCUT2D eigenvalue weighted by Crippen LogP contribution is -2.43. The van der Waals surface area contributed by atoms with Crippen molar-refractivity contribution in [1.29, 1.82) is 4.78 Å². The van der Waals surface area contributed by atoms with Crippen LogP contribution in [0.25, 0.3) is 0 Å². The van der Waals surface area contributed by atoms with Crippen molar-refractivity contribution in [2.24, 2.45) is 0 Å². The van der Waals surface area contributed by atoms with E-state index in [1.165, 1.54) is 18.2 Å². The smallest absolute Gasteiger partial charge is 0.421 e. The number of aliphatic hydroxyl groups is 1. The van der Waals surface area contributed by atoms with E-state index in [1.807, 2.05) is 0 Å². The molecular weight excluding hydrogens is 335 g/mol. The highest BCUT2D eigenvalue weighted by Crippen LogP contribution is 2.41. The van der Waals surface area contributed by atoms with Crippen LogP contribution in [0, 0.1) is 4.78 Å². The maximum absolute atomic E-state index is 13.2. The molecule has 0 radical (unpaired) electrons. The molecule has 2 unspecified atom stereocenters. The second kappa shape index (κ2) is 7.31. The fourth-order valence-electron chi connectivity index (χ4n) is 2.03. The molecule has 0 saturated carbocycles. The Hall–Kier alpha value is -1.61. The molecule has 1 rings (SSSR count). The molecule has 1 aromatic rings. The first-order chi connectivity index (χ1) is 10.5. The van der Waals surface area contributed by atoms with E-state index in [9.17, 15) is 27.3 Å². The third kappa shape index (κ3) is 5.51. The summed E-state index contributed by atoms with van der Waals surface area (Å²) in [7, 11) is -3.40. The first kappa shape index (κ1) is 19.4. The van der Waals surface area contributed by atoms with Crippen LogP contribution in [0.15, 0.2) is 30.3 Å². The summed E-state index contributed by atoms with van der Waals surface area (Å²) in [6, 6.07) is 6.42. The van der Waals surface area contributed by atoms with Crippen LogP contribution in [0.4, 0.5) is 13.2 Å². The summed E-state index contributed by atoms with van der Waals surface area (Å²) in [4.78, 5) is 10.4. The molecule has 3 N–H and O–H groups in total. The molecule has 1 aromatic carbocycles. The van der Waals surface area contributed by atoms with Crippen LogP contribution in [0.3, 0.4) is 0 Å². The van der Waals surface area contributed by atoms with Crippen molar-refractivity contribution in [1.82, 2.24) is 0 Å². The minimum Gasteiger partial charge on any atom is -0.481 e. The van der Waals surface area contributed by atoms with Gasteiger partial charge < -0.3 is 10.2 Å². The highest BCUT2D eigenvalue weighted by molar-refractivity contribution is 7.92. The molecule has 0 fully saturated rings. The molecule has 0 heterocycles. The van der Waals surface area contributed by atoms with E-state index >= 15 is 0 Å². The largest absolute Gasteiger partial charge is 0.481 e. The molecular formula is C14H18F3NO4S. The van der Waals surface area contributed by atoms with Crippen molar-refractivity contribution in [2.45, 2.75) is 31.0 Å². The average Bonchev–Trinajstić information content (AvgIpc) is 2.44. The molecule has 0 bridgehead atoms. The molecule has 9 heteroatoms. The number of rotatable bonds is 8. The number of carbonyl (C=O) groups is 1. The molecule has 5 nitrogen and oxygen atoms in total. The fraction of sp³-hybridized carbons (Fsp3) is 0.500. The van der Waals surface area contributed by atoms with E-state index in [-0.39, 0.29) is 24.2 Å². The van der Waals surface area contributed by atoms with E-state index in [1.54, 1.807) is 0 Å². The van der Waals surface area contributed by atoms with Crippen molar-refractivity contribution in [3.05, 3.63) is 35.9 Å². The topological polar surface area (TPSA) is 98.5 Å². The summed E-state index contributed by atoms with van der Waals surface area (Å²) in [6.07, 6.45) is -6.27. The highest BCUT2D eigenvalue weighted by atomic mass is 32.2. The normalized spacial score (nSPS) is 17.2. The lowest BCUT2D eigenvalue weighted by atomic mass is 9.90. The Morgan fingerprint density at radius 3 is 2.22 bits per heavy atom. The quantitative estimate of drug-likeness (QED) is 0.669. The van der Waals surface area contributed by atoms with E-state index in [0.717, 1.165) is 12.1 Å². The van der Waals surface area contributed by atoms with Gasteiger partial charge in [0.05, 0.1) is 0 Å². The number of hydrogen-bond acceptors (Lipinski definition) is 4. The Bertz CT molecular complexity index is 631. The fourth-order valence-corrected chi connectivity index (χ4v) is 3.47. The van der Waals surface area contributed by atoms with Crippen molar-refractivity contribution in [3.8, 4) is 0 Å². The Labute approximate surface area is 132 Å². The van der Waals surface area contributed by atoms with Crippen molar-refractivity contribution < 1.29 is 32.4 Å². The zero-order valence-electron chi connectivity index (χ0n) is 12.2. The monoisotopic (exact) mass is 353 g/mol. The third-order valence-corrected chi connectivity index (χ3v) is 5.19. The molecule has 0 aliphatic rings. The van der Waals surface area contributed by atoms with E-state index in [2.05, 4.69) is 0 Å². The van der Waals surface area contributed by atoms with Gasteiger partial charge in [0.25, 0.3) is 0 Å². The van der Waals surface area contributed by atoms with Gasteiger partial charge in [0.15, 0.2) is 5.60 Å². The summed E-state index contributed by atoms with van der Waals surface area (Å²) in [5.41, 5.74) is -3.57. The summed E-state index contributed by atoms with van der Waals surface area (Å²) in [5, 5.41) is 18.6. The number of carboxylic acids is 1. The van der Waals surface area contributed by atoms with Crippen molar-refractivity contribution >= 4 is 15.7 Å². The van der Waals surface area contributed by atoms with Crippen LogP contribution in [-0.2, 0) is 20.1 Å². The molecule has 0 aromatic heterocycles. The molecule has 0 aliphatic carbocycles. The zero-order valence-corrected chi connectivity index (χ0v) is 13.0. The lowest BCUT2D eigenvalue weighted by molar-refractivity contribution is -0.267. The summed E-state index contributed by atoms with van der Waals surface area (Å²) in [6.45, 7) is 0. The maximum atomic E-state index is 13.2. The number of nitrogens with one attached hydrogen (secondary N) is 1. The second-order valence-electron chi connectivity index (χ2n) is 5.19. The minimum atomic E-state index is -4.98. The Balaban J connectivity index is 2.86. The minimum absolute atomic E-state index is 0.0621. The van der Waals surface area contributed by atoms with Gasteiger partial charge in [-0.25, -0.2) is 4.21 Å². The molecule has 0 spiro atoms. The molecule has 130 valence electrons. The van der Waals surface area contributed by atoms with Crippen LogP contribution >= 0.6 is 0 Å². The van der Waals surface area contributed by atoms with Gasteiger partial charge >= 0.3 is 12.1 Å². The number of benzene rings is 1. The zero-order chi connectivity index (χ0) is 17.7. The number of halogens is 3. The Morgan fingerprint density at radius 2 is 1.74 bits per heavy atom. The third-order valence-electron chi connectivity index (χ3n) is 3.38. The van der Waals surface area contributed by atoms with Crippen molar-refractivity contribution in [3.63, 3.8) is 0 Å². The molecule has 0 saturated heterocycles. The Kier molecular flexibility index (Phi) is 6.18. The van der Waals surface area contributed by atoms with Crippen LogP contribution in [-0.4, -0.2) is 38.1 Å². The lowest BCUT2D eigenvalue weighted by Gasteiger charge is -2.31. The van der Waals surface area contributed by atoms with Gasteiger partial charge in [-0.15, -0.1) is 0 Å². The number of hydrogen-bond donors (Lipinski definition) is 3. The molecule has 2 atom stereocenters. The van der Waals surface area contributed by atoms with E-state index < -0.39 is 39.6 Å². The predicted octanol–water partition coefficient (Wildman–Crippen LogP) is 2.74. The van der Waals surface area contributed by atoms with Crippen LogP contribution in [0.1, 0.15) is 24.8 Å². The highest BCUT2D eigenvalue weighted by Gasteiger charge is 2.54. The van der Waals surface area contributed by atoms with Gasteiger partial charge in [-0.05, 0) is 12.0 Å². The van der Waals surface area contributed by atoms with Crippen LogP contribution in [0.5, 0.6) is 0 Å². The van der Waals surface area contributed by atoms with E-state index in [0.29, 0.717) is 0 Å². The van der Waals surface area contributed by atoms with Gasteiger partial charge in [0.1, 0.15) is 0 Å². The molecule has 0 aliphatic heterocycles. The van der Waals surface area contributed by atoms with Gasteiger partial charge in [-0.1, -0.05) is 30.3 Å². The maximum Gasteiger partial charge on any atom is 0.421 e. The first-order valence-corrected chi connectivity index (χ1v) is 8.68. The Morgan fingerprint density at radius 1 is 1.17 bits per heavy atom. The van der Waals surface area contributed by atoms with Gasteiger partial charge in [0.2, 0.25) is 0 Å². The summed E-state index contributed by atoms with van der Waals surface area (Å²) < 4.78 is 59.3. The first-order valence-electron chi connectivity index (χ1n) is 6.78. The summed E-state index contributed by atoms with van der Waals surface area (Å²) in [5.74, 6) is -2.11. The number of aliphatic carboxylic acids is 1. The predicted molar refractivity (Wildman–Crippen MR) is 78.5 cm³/mol. The van der Waals surface area contributed by atoms with Crippen LogP contribution < -0.4 is 0 Å². The van der Waals surface area contributed by atoms with Gasteiger partial charge in [-0.2, -0.15) is 13.2 Å².